The van der Waals surface area contributed by atoms with Crippen molar-refractivity contribution in [3.8, 4) is 33.4 Å². The first-order valence-electron chi connectivity index (χ1n) is 17.2. The summed E-state index contributed by atoms with van der Waals surface area (Å²) in [5.41, 5.74) is 13.7. The van der Waals surface area contributed by atoms with E-state index in [4.69, 9.17) is 8.83 Å². The zero-order valence-electron chi connectivity index (χ0n) is 27.7. The molecule has 51 heavy (non-hydrogen) atoms. The molecule has 8 aromatic carbocycles. The molecule has 0 fully saturated rings. The maximum absolute atomic E-state index is 6.58. The van der Waals surface area contributed by atoms with Crippen LogP contribution < -0.4 is 4.90 Å². The lowest BCUT2D eigenvalue weighted by atomic mass is 10.00. The highest BCUT2D eigenvalue weighted by Gasteiger charge is 2.18. The van der Waals surface area contributed by atoms with E-state index in [9.17, 15) is 0 Å². The minimum Gasteiger partial charge on any atom is -0.456 e. The minimum absolute atomic E-state index is 0.835. The molecule has 0 aliphatic rings. The predicted octanol–water partition coefficient (Wildman–Crippen LogP) is 14.0. The van der Waals surface area contributed by atoms with E-state index in [1.54, 1.807) is 0 Å². The smallest absolute Gasteiger partial charge is 0.137 e. The average molecular weight is 654 g/mol. The van der Waals surface area contributed by atoms with E-state index >= 15 is 0 Å². The van der Waals surface area contributed by atoms with Crippen LogP contribution in [0.2, 0.25) is 0 Å². The lowest BCUT2D eigenvalue weighted by molar-refractivity contribution is 0.664. The standard InChI is InChI=1S/C48H31NO2/c1-4-10-32(11-5-1)34-16-18-35(19-17-34)36-20-23-39(24-21-36)49(38-14-8-3-9-15-38)40-25-27-42-44-31-47-43(30-48(44)51-46(42)29-40)41-26-22-37(28-45(41)50-47)33-12-6-2-7-13-33/h1-31H. The number of rotatable bonds is 6. The molecular weight excluding hydrogens is 623 g/mol. The van der Waals surface area contributed by atoms with Gasteiger partial charge in [0.2, 0.25) is 0 Å². The average Bonchev–Trinajstić information content (AvgIpc) is 3.74. The number of furan rings is 2. The summed E-state index contributed by atoms with van der Waals surface area (Å²) in [7, 11) is 0. The molecule has 10 rings (SSSR count). The summed E-state index contributed by atoms with van der Waals surface area (Å²) in [6.07, 6.45) is 0. The topological polar surface area (TPSA) is 29.5 Å². The van der Waals surface area contributed by atoms with Crippen molar-refractivity contribution in [1.29, 1.82) is 0 Å². The highest BCUT2D eigenvalue weighted by atomic mass is 16.3. The largest absolute Gasteiger partial charge is 0.456 e. The summed E-state index contributed by atoms with van der Waals surface area (Å²) in [5, 5.41) is 4.24. The van der Waals surface area contributed by atoms with Crippen molar-refractivity contribution in [3.05, 3.63) is 188 Å². The van der Waals surface area contributed by atoms with Gasteiger partial charge < -0.3 is 13.7 Å². The van der Waals surface area contributed by atoms with Crippen molar-refractivity contribution in [2.24, 2.45) is 0 Å². The molecule has 2 aromatic heterocycles. The van der Waals surface area contributed by atoms with Crippen molar-refractivity contribution in [1.82, 2.24) is 0 Å². The van der Waals surface area contributed by atoms with Crippen LogP contribution in [0.3, 0.4) is 0 Å². The van der Waals surface area contributed by atoms with E-state index in [2.05, 4.69) is 175 Å². The molecule has 10 aromatic rings. The summed E-state index contributed by atoms with van der Waals surface area (Å²) in [4.78, 5) is 2.28. The third-order valence-electron chi connectivity index (χ3n) is 9.88. The lowest BCUT2D eigenvalue weighted by Crippen LogP contribution is -2.09. The number of benzene rings is 8. The van der Waals surface area contributed by atoms with Gasteiger partial charge in [0.25, 0.3) is 0 Å². The molecule has 0 amide bonds. The van der Waals surface area contributed by atoms with Gasteiger partial charge in [-0.3, -0.25) is 0 Å². The van der Waals surface area contributed by atoms with E-state index in [0.29, 0.717) is 0 Å². The Morgan fingerprint density at radius 3 is 1.20 bits per heavy atom. The Bertz CT molecular complexity index is 2820. The van der Waals surface area contributed by atoms with E-state index in [1.807, 2.05) is 18.2 Å². The number of hydrogen-bond donors (Lipinski definition) is 0. The molecule has 0 unspecified atom stereocenters. The van der Waals surface area contributed by atoms with Crippen LogP contribution in [0.15, 0.2) is 197 Å². The molecule has 2 heterocycles. The maximum atomic E-state index is 6.58. The highest BCUT2D eigenvalue weighted by molar-refractivity contribution is 6.15. The van der Waals surface area contributed by atoms with Crippen molar-refractivity contribution >= 4 is 60.9 Å². The summed E-state index contributed by atoms with van der Waals surface area (Å²) in [6, 6.07) is 66.1. The third-order valence-corrected chi connectivity index (χ3v) is 9.88. The van der Waals surface area contributed by atoms with Crippen molar-refractivity contribution in [2.45, 2.75) is 0 Å². The Hall–Kier alpha value is -6.84. The molecule has 240 valence electrons. The second-order valence-corrected chi connectivity index (χ2v) is 13.0. The van der Waals surface area contributed by atoms with Gasteiger partial charge in [-0.1, -0.05) is 121 Å². The first kappa shape index (κ1) is 29.1. The van der Waals surface area contributed by atoms with Crippen LogP contribution in [-0.2, 0) is 0 Å². The molecule has 0 aliphatic carbocycles. The van der Waals surface area contributed by atoms with Gasteiger partial charge in [0.05, 0.1) is 0 Å². The lowest BCUT2D eigenvalue weighted by Gasteiger charge is -2.25. The van der Waals surface area contributed by atoms with Crippen LogP contribution in [0.25, 0.3) is 77.3 Å². The molecule has 3 heteroatoms. The Balaban J connectivity index is 1.01. The molecule has 0 N–H and O–H groups in total. The molecule has 0 spiro atoms. The molecule has 0 atom stereocenters. The van der Waals surface area contributed by atoms with Gasteiger partial charge in [0.1, 0.15) is 22.3 Å². The molecular formula is C48H31NO2. The fourth-order valence-electron chi connectivity index (χ4n) is 7.30. The molecule has 0 bridgehead atoms. The fourth-order valence-corrected chi connectivity index (χ4v) is 7.30. The van der Waals surface area contributed by atoms with Gasteiger partial charge in [-0.2, -0.15) is 0 Å². The SMILES string of the molecule is c1ccc(-c2ccc(-c3ccc(N(c4ccccc4)c4ccc5c(c4)oc4cc6c(cc45)oc4cc(-c5ccccc5)ccc46)cc3)cc2)cc1. The summed E-state index contributed by atoms with van der Waals surface area (Å²) < 4.78 is 13.0. The van der Waals surface area contributed by atoms with Gasteiger partial charge in [0, 0.05) is 44.7 Å². The van der Waals surface area contributed by atoms with E-state index in [-0.39, 0.29) is 0 Å². The van der Waals surface area contributed by atoms with Crippen molar-refractivity contribution < 1.29 is 8.83 Å². The van der Waals surface area contributed by atoms with E-state index in [0.717, 1.165) is 66.5 Å². The van der Waals surface area contributed by atoms with Gasteiger partial charge in [-0.25, -0.2) is 0 Å². The molecule has 0 saturated carbocycles. The first-order chi connectivity index (χ1) is 25.2. The zero-order chi connectivity index (χ0) is 33.7. The number of para-hydroxylation sites is 1. The van der Waals surface area contributed by atoms with Crippen LogP contribution >= 0.6 is 0 Å². The van der Waals surface area contributed by atoms with Crippen LogP contribution in [-0.4, -0.2) is 0 Å². The molecule has 0 radical (unpaired) electrons. The predicted molar refractivity (Wildman–Crippen MR) is 212 cm³/mol. The molecule has 3 nitrogen and oxygen atoms in total. The Morgan fingerprint density at radius 2 is 0.627 bits per heavy atom. The molecule has 0 aliphatic heterocycles. The van der Waals surface area contributed by atoms with E-state index in [1.165, 1.54) is 27.8 Å². The Labute approximate surface area is 295 Å². The number of hydrogen-bond acceptors (Lipinski definition) is 3. The number of nitrogens with zero attached hydrogens (tertiary/aromatic N) is 1. The second-order valence-electron chi connectivity index (χ2n) is 13.0. The van der Waals surface area contributed by atoms with Gasteiger partial charge in [-0.15, -0.1) is 0 Å². The minimum atomic E-state index is 0.835. The van der Waals surface area contributed by atoms with E-state index < -0.39 is 0 Å². The fraction of sp³-hybridized carbons (Fsp3) is 0. The number of anilines is 3. The normalized spacial score (nSPS) is 11.5. The van der Waals surface area contributed by atoms with Crippen LogP contribution in [0.5, 0.6) is 0 Å². The number of fused-ring (bicyclic) bond motifs is 6. The van der Waals surface area contributed by atoms with Crippen LogP contribution in [0.4, 0.5) is 17.1 Å². The molecule has 0 saturated heterocycles. The summed E-state index contributed by atoms with van der Waals surface area (Å²) in [5.74, 6) is 0. The third kappa shape index (κ3) is 5.15. The summed E-state index contributed by atoms with van der Waals surface area (Å²) in [6.45, 7) is 0. The van der Waals surface area contributed by atoms with Gasteiger partial charge in [-0.05, 0) is 94.0 Å². The van der Waals surface area contributed by atoms with Crippen LogP contribution in [0, 0.1) is 0 Å². The first-order valence-corrected chi connectivity index (χ1v) is 17.2. The second kappa shape index (κ2) is 11.9. The van der Waals surface area contributed by atoms with Gasteiger partial charge >= 0.3 is 0 Å². The Morgan fingerprint density at radius 1 is 0.255 bits per heavy atom. The maximum Gasteiger partial charge on any atom is 0.137 e. The van der Waals surface area contributed by atoms with Crippen LogP contribution in [0.1, 0.15) is 0 Å². The monoisotopic (exact) mass is 653 g/mol. The van der Waals surface area contributed by atoms with Gasteiger partial charge in [0.15, 0.2) is 0 Å². The quantitative estimate of drug-likeness (QED) is 0.179. The Kier molecular flexibility index (Phi) is 6.81. The highest BCUT2D eigenvalue weighted by Crippen LogP contribution is 2.41. The summed E-state index contributed by atoms with van der Waals surface area (Å²) >= 11 is 0. The van der Waals surface area contributed by atoms with Crippen molar-refractivity contribution in [2.75, 3.05) is 4.90 Å². The zero-order valence-corrected chi connectivity index (χ0v) is 27.7. The van der Waals surface area contributed by atoms with Crippen molar-refractivity contribution in [3.63, 3.8) is 0 Å².